The van der Waals surface area contributed by atoms with Crippen molar-refractivity contribution < 1.29 is 9.53 Å². The van der Waals surface area contributed by atoms with Crippen LogP contribution in [0.2, 0.25) is 0 Å². The molecule has 1 fully saturated rings. The largest absolute Gasteiger partial charge is 0.379 e. The third kappa shape index (κ3) is 6.15. The van der Waals surface area contributed by atoms with Gasteiger partial charge >= 0.3 is 0 Å². The summed E-state index contributed by atoms with van der Waals surface area (Å²) in [6, 6.07) is 16.1. The molecular formula is C19H21BrN2O2S. The van der Waals surface area contributed by atoms with E-state index in [0.717, 1.165) is 47.9 Å². The van der Waals surface area contributed by atoms with Crippen LogP contribution in [0.25, 0.3) is 0 Å². The molecule has 4 nitrogen and oxygen atoms in total. The maximum absolute atomic E-state index is 12.1. The van der Waals surface area contributed by atoms with Gasteiger partial charge in [0, 0.05) is 34.7 Å². The van der Waals surface area contributed by atoms with Gasteiger partial charge in [-0.3, -0.25) is 9.69 Å². The SMILES string of the molecule is O=C(CSc1cccc(Br)c1)Nc1ccc(CN2CCOCC2)cc1. The summed E-state index contributed by atoms with van der Waals surface area (Å²) in [5.74, 6) is 0.400. The van der Waals surface area contributed by atoms with E-state index in [-0.39, 0.29) is 5.91 Å². The van der Waals surface area contributed by atoms with E-state index < -0.39 is 0 Å². The maximum atomic E-state index is 12.1. The van der Waals surface area contributed by atoms with Crippen LogP contribution >= 0.6 is 27.7 Å². The number of benzene rings is 2. The number of thioether (sulfide) groups is 1. The summed E-state index contributed by atoms with van der Waals surface area (Å²) in [5.41, 5.74) is 2.09. The molecule has 0 aliphatic carbocycles. The van der Waals surface area contributed by atoms with Gasteiger partial charge in [0.05, 0.1) is 19.0 Å². The number of anilines is 1. The van der Waals surface area contributed by atoms with Crippen molar-refractivity contribution in [1.29, 1.82) is 0 Å². The number of carbonyl (C=O) groups excluding carboxylic acids is 1. The number of amides is 1. The topological polar surface area (TPSA) is 41.6 Å². The number of carbonyl (C=O) groups is 1. The Bertz CT molecular complexity index is 703. The number of nitrogens with one attached hydrogen (secondary N) is 1. The Kier molecular flexibility index (Phi) is 6.93. The molecule has 0 radical (unpaired) electrons. The quantitative estimate of drug-likeness (QED) is 0.716. The first kappa shape index (κ1) is 18.5. The van der Waals surface area contributed by atoms with Crippen molar-refractivity contribution in [3.8, 4) is 0 Å². The molecule has 0 saturated carbocycles. The van der Waals surface area contributed by atoms with E-state index in [1.165, 1.54) is 17.3 Å². The molecule has 1 aliphatic rings. The minimum absolute atomic E-state index is 0.00547. The Morgan fingerprint density at radius 3 is 2.64 bits per heavy atom. The van der Waals surface area contributed by atoms with Crippen molar-refractivity contribution in [3.05, 3.63) is 58.6 Å². The summed E-state index contributed by atoms with van der Waals surface area (Å²) in [7, 11) is 0. The van der Waals surface area contributed by atoms with E-state index in [9.17, 15) is 4.79 Å². The molecule has 25 heavy (non-hydrogen) atoms. The molecule has 1 heterocycles. The van der Waals surface area contributed by atoms with Gasteiger partial charge < -0.3 is 10.1 Å². The lowest BCUT2D eigenvalue weighted by molar-refractivity contribution is -0.113. The predicted molar refractivity (Wildman–Crippen MR) is 106 cm³/mol. The number of morpholine rings is 1. The summed E-state index contributed by atoms with van der Waals surface area (Å²) in [6.07, 6.45) is 0. The van der Waals surface area contributed by atoms with Crippen LogP contribution < -0.4 is 5.32 Å². The average Bonchev–Trinajstić information content (AvgIpc) is 2.63. The van der Waals surface area contributed by atoms with E-state index in [1.54, 1.807) is 0 Å². The first-order valence-electron chi connectivity index (χ1n) is 8.26. The zero-order chi connectivity index (χ0) is 17.5. The highest BCUT2D eigenvalue weighted by Gasteiger charge is 2.10. The van der Waals surface area contributed by atoms with Crippen LogP contribution in [-0.2, 0) is 16.1 Å². The highest BCUT2D eigenvalue weighted by Crippen LogP contribution is 2.22. The van der Waals surface area contributed by atoms with Crippen molar-refractivity contribution in [2.45, 2.75) is 11.4 Å². The number of hydrogen-bond donors (Lipinski definition) is 1. The second-order valence-corrected chi connectivity index (χ2v) is 7.84. The second-order valence-electron chi connectivity index (χ2n) is 5.88. The fourth-order valence-electron chi connectivity index (χ4n) is 2.61. The zero-order valence-corrected chi connectivity index (χ0v) is 16.3. The summed E-state index contributed by atoms with van der Waals surface area (Å²) < 4.78 is 6.39. The number of ether oxygens (including phenoxy) is 1. The molecule has 2 aromatic rings. The average molecular weight is 421 g/mol. The summed E-state index contributed by atoms with van der Waals surface area (Å²) in [4.78, 5) is 15.6. The molecule has 0 bridgehead atoms. The molecule has 0 unspecified atom stereocenters. The second kappa shape index (κ2) is 9.38. The predicted octanol–water partition coefficient (Wildman–Crippen LogP) is 4.01. The molecule has 6 heteroatoms. The Morgan fingerprint density at radius 2 is 1.92 bits per heavy atom. The summed E-state index contributed by atoms with van der Waals surface area (Å²) >= 11 is 4.97. The molecule has 1 aliphatic heterocycles. The fraction of sp³-hybridized carbons (Fsp3) is 0.316. The Balaban J connectivity index is 1.46. The number of halogens is 1. The van der Waals surface area contributed by atoms with Crippen LogP contribution in [0, 0.1) is 0 Å². The van der Waals surface area contributed by atoms with Crippen molar-refractivity contribution in [2.24, 2.45) is 0 Å². The van der Waals surface area contributed by atoms with Crippen LogP contribution in [0.4, 0.5) is 5.69 Å². The third-order valence-electron chi connectivity index (χ3n) is 3.91. The smallest absolute Gasteiger partial charge is 0.234 e. The Labute approximate surface area is 161 Å². The molecule has 132 valence electrons. The fourth-order valence-corrected chi connectivity index (χ4v) is 3.92. The van der Waals surface area contributed by atoms with Crippen molar-refractivity contribution in [1.82, 2.24) is 4.90 Å². The molecule has 2 aromatic carbocycles. The summed E-state index contributed by atoms with van der Waals surface area (Å²) in [6.45, 7) is 4.50. The van der Waals surface area contributed by atoms with Crippen LogP contribution in [0.5, 0.6) is 0 Å². The Morgan fingerprint density at radius 1 is 1.16 bits per heavy atom. The number of rotatable bonds is 6. The van der Waals surface area contributed by atoms with E-state index in [1.807, 2.05) is 36.4 Å². The molecule has 1 N–H and O–H groups in total. The number of nitrogens with zero attached hydrogens (tertiary/aromatic N) is 1. The molecule has 0 atom stereocenters. The molecule has 0 spiro atoms. The maximum Gasteiger partial charge on any atom is 0.234 e. The van der Waals surface area contributed by atoms with Gasteiger partial charge in [-0.15, -0.1) is 11.8 Å². The lowest BCUT2D eigenvalue weighted by Crippen LogP contribution is -2.35. The van der Waals surface area contributed by atoms with Gasteiger partial charge in [0.25, 0.3) is 0 Å². The normalized spacial score (nSPS) is 15.1. The molecule has 1 saturated heterocycles. The number of hydrogen-bond acceptors (Lipinski definition) is 4. The van der Waals surface area contributed by atoms with Crippen molar-refractivity contribution in [2.75, 3.05) is 37.4 Å². The van der Waals surface area contributed by atoms with Crippen molar-refractivity contribution >= 4 is 39.3 Å². The van der Waals surface area contributed by atoms with E-state index in [4.69, 9.17) is 4.74 Å². The van der Waals surface area contributed by atoms with Gasteiger partial charge in [-0.2, -0.15) is 0 Å². The van der Waals surface area contributed by atoms with E-state index in [0.29, 0.717) is 5.75 Å². The highest BCUT2D eigenvalue weighted by atomic mass is 79.9. The van der Waals surface area contributed by atoms with Gasteiger partial charge in [-0.05, 0) is 35.9 Å². The molecule has 3 rings (SSSR count). The molecular weight excluding hydrogens is 400 g/mol. The standard InChI is InChI=1S/C19H21BrN2O2S/c20-16-2-1-3-18(12-16)25-14-19(23)21-17-6-4-15(5-7-17)13-22-8-10-24-11-9-22/h1-7,12H,8-11,13-14H2,(H,21,23). The van der Waals surface area contributed by atoms with Crippen LogP contribution in [0.3, 0.4) is 0 Å². The van der Waals surface area contributed by atoms with E-state index >= 15 is 0 Å². The van der Waals surface area contributed by atoms with Gasteiger partial charge in [-0.1, -0.05) is 34.1 Å². The first-order chi connectivity index (χ1) is 12.2. The Hall–Kier alpha value is -1.34. The van der Waals surface area contributed by atoms with E-state index in [2.05, 4.69) is 38.3 Å². The molecule has 0 aromatic heterocycles. The van der Waals surface area contributed by atoms with Crippen molar-refractivity contribution in [3.63, 3.8) is 0 Å². The van der Waals surface area contributed by atoms with Gasteiger partial charge in [0.2, 0.25) is 5.91 Å². The minimum Gasteiger partial charge on any atom is -0.379 e. The first-order valence-corrected chi connectivity index (χ1v) is 10.0. The minimum atomic E-state index is 0.00547. The molecule has 1 amide bonds. The van der Waals surface area contributed by atoms with Gasteiger partial charge in [-0.25, -0.2) is 0 Å². The highest BCUT2D eigenvalue weighted by molar-refractivity contribution is 9.10. The van der Waals surface area contributed by atoms with Crippen LogP contribution in [-0.4, -0.2) is 42.9 Å². The van der Waals surface area contributed by atoms with Crippen LogP contribution in [0.15, 0.2) is 57.9 Å². The zero-order valence-electron chi connectivity index (χ0n) is 13.9. The van der Waals surface area contributed by atoms with Gasteiger partial charge in [0.1, 0.15) is 0 Å². The lowest BCUT2D eigenvalue weighted by atomic mass is 10.2. The lowest BCUT2D eigenvalue weighted by Gasteiger charge is -2.26. The van der Waals surface area contributed by atoms with Gasteiger partial charge in [0.15, 0.2) is 0 Å². The summed E-state index contributed by atoms with van der Waals surface area (Å²) in [5, 5.41) is 2.95. The third-order valence-corrected chi connectivity index (χ3v) is 5.40. The monoisotopic (exact) mass is 420 g/mol. The van der Waals surface area contributed by atoms with Crippen LogP contribution in [0.1, 0.15) is 5.56 Å².